The Kier molecular flexibility index (Phi) is 6.58. The normalized spacial score (nSPS) is 26.5. The molecule has 0 spiro atoms. The van der Waals surface area contributed by atoms with Crippen LogP contribution in [0.5, 0.6) is 0 Å². The summed E-state index contributed by atoms with van der Waals surface area (Å²) < 4.78 is 0. The predicted octanol–water partition coefficient (Wildman–Crippen LogP) is 4.43. The second-order valence-electron chi connectivity index (χ2n) is 3.76. The molecular weight excluding hydrogens is 156 g/mol. The van der Waals surface area contributed by atoms with Crippen molar-refractivity contribution in [2.75, 3.05) is 0 Å². The van der Waals surface area contributed by atoms with Crippen molar-refractivity contribution < 1.29 is 0 Å². The first-order valence-corrected chi connectivity index (χ1v) is 5.70. The third kappa shape index (κ3) is 6.62. The van der Waals surface area contributed by atoms with E-state index >= 15 is 0 Å². The van der Waals surface area contributed by atoms with Crippen LogP contribution in [0, 0.1) is 6.08 Å². The highest BCUT2D eigenvalue weighted by atomic mass is 13.9. The van der Waals surface area contributed by atoms with Gasteiger partial charge in [0.25, 0.3) is 0 Å². The molecule has 1 radical (unpaired) electrons. The Balaban J connectivity index is 2.18. The second-order valence-corrected chi connectivity index (χ2v) is 3.76. The van der Waals surface area contributed by atoms with Crippen LogP contribution in [-0.4, -0.2) is 0 Å². The van der Waals surface area contributed by atoms with Crippen molar-refractivity contribution in [3.8, 4) is 0 Å². The lowest BCUT2D eigenvalue weighted by molar-refractivity contribution is 0.690. The lowest BCUT2D eigenvalue weighted by atomic mass is 10.1. The first kappa shape index (κ1) is 10.6. The lowest BCUT2D eigenvalue weighted by Gasteiger charge is -1.93. The number of allylic oxidation sites excluding steroid dienone is 4. The fourth-order valence-electron chi connectivity index (χ4n) is 1.61. The summed E-state index contributed by atoms with van der Waals surface area (Å²) >= 11 is 0. The van der Waals surface area contributed by atoms with E-state index in [1.54, 1.807) is 0 Å². The van der Waals surface area contributed by atoms with Crippen molar-refractivity contribution in [3.63, 3.8) is 0 Å². The maximum absolute atomic E-state index is 3.38. The number of rotatable bonds is 0. The zero-order chi connectivity index (χ0) is 9.19. The maximum Gasteiger partial charge on any atom is -0.0279 e. The van der Waals surface area contributed by atoms with Gasteiger partial charge in [0.05, 0.1) is 0 Å². The Hall–Kier alpha value is -0.520. The minimum absolute atomic E-state index is 1.17. The van der Waals surface area contributed by atoms with E-state index in [0.29, 0.717) is 0 Å². The van der Waals surface area contributed by atoms with E-state index in [9.17, 15) is 0 Å². The molecule has 0 atom stereocenters. The Morgan fingerprint density at radius 2 is 1.38 bits per heavy atom. The van der Waals surface area contributed by atoms with Gasteiger partial charge in [-0.25, -0.2) is 0 Å². The van der Waals surface area contributed by atoms with Gasteiger partial charge in [0.1, 0.15) is 0 Å². The van der Waals surface area contributed by atoms with Gasteiger partial charge < -0.3 is 0 Å². The van der Waals surface area contributed by atoms with Crippen molar-refractivity contribution in [1.82, 2.24) is 0 Å². The maximum atomic E-state index is 3.38. The highest BCUT2D eigenvalue weighted by Gasteiger charge is 1.89. The minimum atomic E-state index is 1.17. The molecule has 0 heteroatoms. The largest absolute Gasteiger partial charge is 0.0885 e. The molecule has 0 N–H and O–H groups in total. The Morgan fingerprint density at radius 1 is 0.692 bits per heavy atom. The van der Waals surface area contributed by atoms with Crippen molar-refractivity contribution in [1.29, 1.82) is 0 Å². The molecule has 0 unspecified atom stereocenters. The minimum Gasteiger partial charge on any atom is -0.0885 e. The van der Waals surface area contributed by atoms with Gasteiger partial charge in [-0.05, 0) is 57.4 Å². The fourth-order valence-corrected chi connectivity index (χ4v) is 1.61. The van der Waals surface area contributed by atoms with E-state index in [1.165, 1.54) is 57.8 Å². The van der Waals surface area contributed by atoms with Crippen molar-refractivity contribution in [2.45, 2.75) is 57.8 Å². The van der Waals surface area contributed by atoms with Crippen LogP contribution in [0.1, 0.15) is 57.8 Å². The van der Waals surface area contributed by atoms with E-state index in [4.69, 9.17) is 0 Å². The molecule has 0 aromatic carbocycles. The average Bonchev–Trinajstić information content (AvgIpc) is 2.18. The molecule has 0 heterocycles. The molecule has 0 amide bonds. The van der Waals surface area contributed by atoms with Crippen molar-refractivity contribution >= 4 is 0 Å². The highest BCUT2D eigenvalue weighted by Crippen LogP contribution is 2.08. The summed E-state index contributed by atoms with van der Waals surface area (Å²) in [5, 5.41) is 0. The van der Waals surface area contributed by atoms with Gasteiger partial charge in [-0.1, -0.05) is 24.6 Å². The van der Waals surface area contributed by atoms with Crippen LogP contribution >= 0.6 is 0 Å². The monoisotopic (exact) mass is 177 g/mol. The van der Waals surface area contributed by atoms with Crippen molar-refractivity contribution in [3.05, 3.63) is 24.3 Å². The summed E-state index contributed by atoms with van der Waals surface area (Å²) in [6.45, 7) is 0. The van der Waals surface area contributed by atoms with E-state index < -0.39 is 0 Å². The quantitative estimate of drug-likeness (QED) is 0.480. The first-order valence-electron chi connectivity index (χ1n) is 5.70. The summed E-state index contributed by atoms with van der Waals surface area (Å²) in [6, 6.07) is 0. The molecule has 73 valence electrons. The molecule has 13 heavy (non-hydrogen) atoms. The van der Waals surface area contributed by atoms with E-state index in [-0.39, 0.29) is 0 Å². The molecule has 1 rings (SSSR count). The van der Waals surface area contributed by atoms with Gasteiger partial charge in [-0.15, -0.1) is 0 Å². The van der Waals surface area contributed by atoms with Crippen LogP contribution in [0.2, 0.25) is 0 Å². The topological polar surface area (TPSA) is 0 Å². The second kappa shape index (κ2) is 8.10. The van der Waals surface area contributed by atoms with Crippen molar-refractivity contribution in [2.24, 2.45) is 0 Å². The van der Waals surface area contributed by atoms with Gasteiger partial charge >= 0.3 is 0 Å². The SMILES string of the molecule is [C]1=C/CCCC/C=C/CCCCC/1. The highest BCUT2D eigenvalue weighted by molar-refractivity contribution is 4.82. The summed E-state index contributed by atoms with van der Waals surface area (Å²) in [5.41, 5.74) is 0. The van der Waals surface area contributed by atoms with Gasteiger partial charge in [0.2, 0.25) is 0 Å². The van der Waals surface area contributed by atoms with Crippen LogP contribution in [-0.2, 0) is 0 Å². The Labute approximate surface area is 82.7 Å². The van der Waals surface area contributed by atoms with Crippen LogP contribution < -0.4 is 0 Å². The molecule has 0 aliphatic heterocycles. The van der Waals surface area contributed by atoms with E-state index in [0.717, 1.165) is 0 Å². The van der Waals surface area contributed by atoms with Gasteiger partial charge in [0.15, 0.2) is 0 Å². The Bertz CT molecular complexity index is 135. The Morgan fingerprint density at radius 3 is 2.23 bits per heavy atom. The molecule has 0 saturated carbocycles. The van der Waals surface area contributed by atoms with Gasteiger partial charge in [-0.3, -0.25) is 0 Å². The summed E-state index contributed by atoms with van der Waals surface area (Å²) in [6.07, 6.45) is 22.0. The molecule has 1 aliphatic carbocycles. The van der Waals surface area contributed by atoms with Crippen LogP contribution in [0.4, 0.5) is 0 Å². The van der Waals surface area contributed by atoms with E-state index in [2.05, 4.69) is 24.3 Å². The predicted molar refractivity (Wildman–Crippen MR) is 58.5 cm³/mol. The van der Waals surface area contributed by atoms with Crippen LogP contribution in [0.25, 0.3) is 0 Å². The smallest absolute Gasteiger partial charge is 0.0279 e. The molecule has 0 aromatic heterocycles. The summed E-state index contributed by atoms with van der Waals surface area (Å²) in [5.74, 6) is 0. The first-order chi connectivity index (χ1) is 6.50. The molecule has 0 nitrogen and oxygen atoms in total. The molecule has 1 aliphatic rings. The van der Waals surface area contributed by atoms with Gasteiger partial charge in [0, 0.05) is 0 Å². The average molecular weight is 177 g/mol. The zero-order valence-electron chi connectivity index (χ0n) is 8.60. The van der Waals surface area contributed by atoms with Crippen LogP contribution in [0.15, 0.2) is 18.2 Å². The molecule has 0 fully saturated rings. The summed E-state index contributed by atoms with van der Waals surface area (Å²) in [4.78, 5) is 0. The third-order valence-electron chi connectivity index (χ3n) is 2.47. The zero-order valence-corrected chi connectivity index (χ0v) is 8.60. The summed E-state index contributed by atoms with van der Waals surface area (Å²) in [7, 11) is 0. The molecular formula is C13H21. The van der Waals surface area contributed by atoms with Crippen LogP contribution in [0.3, 0.4) is 0 Å². The number of hydrogen-bond acceptors (Lipinski definition) is 0. The third-order valence-corrected chi connectivity index (χ3v) is 2.47. The standard InChI is InChI=1S/C13H21/c1-2-4-6-8-10-12-13-11-9-7-5-3-1/h1-2,11H,3-10,12H2/b2-1+,13-11?. The number of hydrogen-bond donors (Lipinski definition) is 0. The van der Waals surface area contributed by atoms with E-state index in [1.807, 2.05) is 0 Å². The molecule has 0 bridgehead atoms. The molecule has 0 aromatic rings. The van der Waals surface area contributed by atoms with Gasteiger partial charge in [-0.2, -0.15) is 0 Å². The lowest BCUT2D eigenvalue weighted by Crippen LogP contribution is -1.74. The molecule has 0 saturated heterocycles. The fraction of sp³-hybridized carbons (Fsp3) is 0.692.